The predicted octanol–water partition coefficient (Wildman–Crippen LogP) is 2.87. The molecule has 2 N–H and O–H groups in total. The van der Waals surface area contributed by atoms with Crippen LogP contribution in [0.4, 0.5) is 10.1 Å². The van der Waals surface area contributed by atoms with Gasteiger partial charge in [-0.15, -0.1) is 0 Å². The molecule has 102 valence electrons. The van der Waals surface area contributed by atoms with Crippen molar-refractivity contribution in [1.82, 2.24) is 0 Å². The quantitative estimate of drug-likeness (QED) is 0.869. The van der Waals surface area contributed by atoms with Gasteiger partial charge in [-0.25, -0.2) is 4.39 Å². The van der Waals surface area contributed by atoms with Crippen molar-refractivity contribution >= 4 is 5.69 Å². The molecule has 0 bridgehead atoms. The van der Waals surface area contributed by atoms with Crippen molar-refractivity contribution in [3.8, 4) is 17.6 Å². The molecule has 0 saturated heterocycles. The molecule has 0 spiro atoms. The molecule has 0 fully saturated rings. The number of hydrogen-bond acceptors (Lipinski definition) is 4. The van der Waals surface area contributed by atoms with Crippen LogP contribution in [0.1, 0.15) is 11.1 Å². The molecule has 0 radical (unpaired) electrons. The van der Waals surface area contributed by atoms with Gasteiger partial charge in [-0.3, -0.25) is 0 Å². The van der Waals surface area contributed by atoms with Gasteiger partial charge < -0.3 is 15.2 Å². The summed E-state index contributed by atoms with van der Waals surface area (Å²) in [5.74, 6) is 0.388. The number of rotatable bonds is 4. The second-order valence-corrected chi connectivity index (χ2v) is 4.13. The number of nitrogen functional groups attached to an aromatic ring is 1. The van der Waals surface area contributed by atoms with E-state index in [-0.39, 0.29) is 12.4 Å². The van der Waals surface area contributed by atoms with E-state index in [1.807, 2.05) is 6.07 Å². The SMILES string of the molecule is COc1cc(C#N)cc(N)c1OCc1cccc(F)c1. The Kier molecular flexibility index (Phi) is 4.06. The van der Waals surface area contributed by atoms with Crippen LogP contribution < -0.4 is 15.2 Å². The minimum absolute atomic E-state index is 0.157. The van der Waals surface area contributed by atoms with E-state index in [0.717, 1.165) is 0 Å². The van der Waals surface area contributed by atoms with E-state index in [2.05, 4.69) is 0 Å². The Morgan fingerprint density at radius 2 is 2.10 bits per heavy atom. The lowest BCUT2D eigenvalue weighted by atomic mass is 10.2. The van der Waals surface area contributed by atoms with Crippen LogP contribution in [0.3, 0.4) is 0 Å². The van der Waals surface area contributed by atoms with Crippen LogP contribution in [0.5, 0.6) is 11.5 Å². The minimum Gasteiger partial charge on any atom is -0.493 e. The van der Waals surface area contributed by atoms with Gasteiger partial charge in [0.2, 0.25) is 0 Å². The largest absolute Gasteiger partial charge is 0.493 e. The highest BCUT2D eigenvalue weighted by Gasteiger charge is 2.11. The molecule has 0 aliphatic heterocycles. The summed E-state index contributed by atoms with van der Waals surface area (Å²) >= 11 is 0. The van der Waals surface area contributed by atoms with Gasteiger partial charge in [0.1, 0.15) is 12.4 Å². The van der Waals surface area contributed by atoms with Crippen molar-refractivity contribution in [2.75, 3.05) is 12.8 Å². The van der Waals surface area contributed by atoms with Crippen LogP contribution in [0, 0.1) is 17.1 Å². The van der Waals surface area contributed by atoms with E-state index >= 15 is 0 Å². The van der Waals surface area contributed by atoms with Gasteiger partial charge in [0.05, 0.1) is 24.4 Å². The third-order valence-corrected chi connectivity index (χ3v) is 2.70. The van der Waals surface area contributed by atoms with E-state index in [4.69, 9.17) is 20.5 Å². The number of methoxy groups -OCH3 is 1. The Balaban J connectivity index is 2.23. The molecule has 0 amide bonds. The number of nitrogens with two attached hydrogens (primary N) is 1. The fraction of sp³-hybridized carbons (Fsp3) is 0.133. The molecule has 0 aromatic heterocycles. The lowest BCUT2D eigenvalue weighted by Gasteiger charge is -2.13. The number of halogens is 1. The summed E-state index contributed by atoms with van der Waals surface area (Å²) in [6.45, 7) is 0.157. The number of nitriles is 1. The van der Waals surface area contributed by atoms with Gasteiger partial charge in [-0.05, 0) is 23.8 Å². The molecule has 5 heteroatoms. The fourth-order valence-corrected chi connectivity index (χ4v) is 1.78. The maximum absolute atomic E-state index is 13.1. The van der Waals surface area contributed by atoms with Crippen molar-refractivity contribution in [2.45, 2.75) is 6.61 Å². The highest BCUT2D eigenvalue weighted by Crippen LogP contribution is 2.35. The summed E-state index contributed by atoms with van der Waals surface area (Å²) in [5, 5.41) is 8.87. The lowest BCUT2D eigenvalue weighted by Crippen LogP contribution is -2.02. The van der Waals surface area contributed by atoms with Crippen molar-refractivity contribution < 1.29 is 13.9 Å². The topological polar surface area (TPSA) is 68.3 Å². The smallest absolute Gasteiger partial charge is 0.184 e. The second kappa shape index (κ2) is 5.93. The monoisotopic (exact) mass is 272 g/mol. The Morgan fingerprint density at radius 3 is 2.75 bits per heavy atom. The summed E-state index contributed by atoms with van der Waals surface area (Å²) in [5.41, 5.74) is 7.20. The fourth-order valence-electron chi connectivity index (χ4n) is 1.78. The van der Waals surface area contributed by atoms with Crippen molar-refractivity contribution in [3.05, 3.63) is 53.3 Å². The summed E-state index contributed by atoms with van der Waals surface area (Å²) in [7, 11) is 1.46. The van der Waals surface area contributed by atoms with Crippen molar-refractivity contribution in [2.24, 2.45) is 0 Å². The van der Waals surface area contributed by atoms with Crippen molar-refractivity contribution in [1.29, 1.82) is 5.26 Å². The molecule has 2 aromatic rings. The van der Waals surface area contributed by atoms with E-state index in [0.29, 0.717) is 28.3 Å². The first-order valence-electron chi connectivity index (χ1n) is 5.89. The standard InChI is InChI=1S/C15H13FN2O2/c1-19-14-7-11(8-17)6-13(18)15(14)20-9-10-3-2-4-12(16)5-10/h2-7H,9,18H2,1H3. The third kappa shape index (κ3) is 2.98. The maximum Gasteiger partial charge on any atom is 0.184 e. The van der Waals surface area contributed by atoms with Gasteiger partial charge in [-0.2, -0.15) is 5.26 Å². The third-order valence-electron chi connectivity index (χ3n) is 2.70. The van der Waals surface area contributed by atoms with Gasteiger partial charge in [0, 0.05) is 6.07 Å². The predicted molar refractivity (Wildman–Crippen MR) is 72.9 cm³/mol. The molecule has 4 nitrogen and oxygen atoms in total. The van der Waals surface area contributed by atoms with E-state index in [9.17, 15) is 4.39 Å². The normalized spacial score (nSPS) is 9.85. The average Bonchev–Trinajstić information content (AvgIpc) is 2.45. The number of benzene rings is 2. The summed E-state index contributed by atoms with van der Waals surface area (Å²) in [4.78, 5) is 0. The van der Waals surface area contributed by atoms with Crippen LogP contribution in [-0.4, -0.2) is 7.11 Å². The molecular weight excluding hydrogens is 259 g/mol. The molecule has 0 saturated carbocycles. The number of anilines is 1. The lowest BCUT2D eigenvalue weighted by molar-refractivity contribution is 0.286. The zero-order valence-corrected chi connectivity index (χ0v) is 10.9. The first kappa shape index (κ1) is 13.7. The van der Waals surface area contributed by atoms with Crippen LogP contribution in [0.15, 0.2) is 36.4 Å². The summed E-state index contributed by atoms with van der Waals surface area (Å²) in [6.07, 6.45) is 0. The number of ether oxygens (including phenoxy) is 2. The van der Waals surface area contributed by atoms with Gasteiger partial charge in [0.25, 0.3) is 0 Å². The molecule has 0 heterocycles. The zero-order valence-electron chi connectivity index (χ0n) is 10.9. The van der Waals surface area contributed by atoms with Crippen LogP contribution in [-0.2, 0) is 6.61 Å². The Bertz CT molecular complexity index is 665. The first-order chi connectivity index (χ1) is 9.63. The van der Waals surface area contributed by atoms with E-state index < -0.39 is 0 Å². The summed E-state index contributed by atoms with van der Waals surface area (Å²) < 4.78 is 23.8. The molecule has 0 unspecified atom stereocenters. The van der Waals surface area contributed by atoms with Gasteiger partial charge in [-0.1, -0.05) is 12.1 Å². The van der Waals surface area contributed by atoms with Crippen LogP contribution >= 0.6 is 0 Å². The molecule has 2 rings (SSSR count). The molecule has 0 aliphatic rings. The van der Waals surface area contributed by atoms with E-state index in [1.54, 1.807) is 12.1 Å². The average molecular weight is 272 g/mol. The van der Waals surface area contributed by atoms with Gasteiger partial charge in [0.15, 0.2) is 11.5 Å². The molecular formula is C15H13FN2O2. The minimum atomic E-state index is -0.328. The second-order valence-electron chi connectivity index (χ2n) is 4.13. The molecule has 2 aromatic carbocycles. The maximum atomic E-state index is 13.1. The number of nitrogens with zero attached hydrogens (tertiary/aromatic N) is 1. The van der Waals surface area contributed by atoms with Crippen LogP contribution in [0.25, 0.3) is 0 Å². The highest BCUT2D eigenvalue weighted by molar-refractivity contribution is 5.64. The zero-order chi connectivity index (χ0) is 14.5. The number of hydrogen-bond donors (Lipinski definition) is 1. The molecule has 20 heavy (non-hydrogen) atoms. The van der Waals surface area contributed by atoms with Crippen molar-refractivity contribution in [3.63, 3.8) is 0 Å². The van der Waals surface area contributed by atoms with E-state index in [1.165, 1.54) is 31.4 Å². The molecule has 0 atom stereocenters. The Hall–Kier alpha value is -2.74. The molecule has 0 aliphatic carbocycles. The highest BCUT2D eigenvalue weighted by atomic mass is 19.1. The Labute approximate surface area is 116 Å². The van der Waals surface area contributed by atoms with Crippen LogP contribution in [0.2, 0.25) is 0 Å². The van der Waals surface area contributed by atoms with Gasteiger partial charge >= 0.3 is 0 Å². The Morgan fingerprint density at radius 1 is 1.30 bits per heavy atom. The summed E-state index contributed by atoms with van der Waals surface area (Å²) in [6, 6.07) is 11.1. The first-order valence-corrected chi connectivity index (χ1v) is 5.89.